The van der Waals surface area contributed by atoms with Crippen LogP contribution in [0.4, 0.5) is 0 Å². The van der Waals surface area contributed by atoms with Crippen LogP contribution in [0.3, 0.4) is 0 Å². The first-order valence-corrected chi connectivity index (χ1v) is 8.68. The highest BCUT2D eigenvalue weighted by Gasteiger charge is 2.13. The van der Waals surface area contributed by atoms with Gasteiger partial charge in [0.05, 0.1) is 11.3 Å². The predicted octanol–water partition coefficient (Wildman–Crippen LogP) is 3.35. The fraction of sp³-hybridized carbons (Fsp3) is 0.143. The Kier molecular flexibility index (Phi) is 4.49. The van der Waals surface area contributed by atoms with Gasteiger partial charge in [-0.25, -0.2) is 19.3 Å². The topological polar surface area (TPSA) is 87.2 Å². The number of esters is 1. The van der Waals surface area contributed by atoms with E-state index in [1.807, 2.05) is 26.0 Å². The SMILES string of the molecule is Cc1ccc2c(COC(=O)c3ccc(-n4cncn4)cc3)cc(=O)oc2c1C. The second-order valence-corrected chi connectivity index (χ2v) is 6.44. The van der Waals surface area contributed by atoms with Gasteiger partial charge < -0.3 is 9.15 Å². The number of hydrogen-bond acceptors (Lipinski definition) is 6. The largest absolute Gasteiger partial charge is 0.457 e. The summed E-state index contributed by atoms with van der Waals surface area (Å²) in [5.74, 6) is -0.477. The monoisotopic (exact) mass is 375 g/mol. The molecule has 0 atom stereocenters. The van der Waals surface area contributed by atoms with Crippen LogP contribution in [0.15, 0.2) is 64.3 Å². The average Bonchev–Trinajstić information content (AvgIpc) is 3.24. The van der Waals surface area contributed by atoms with Crippen molar-refractivity contribution >= 4 is 16.9 Å². The maximum atomic E-state index is 12.4. The Hall–Kier alpha value is -3.74. The summed E-state index contributed by atoms with van der Waals surface area (Å²) in [5.41, 5.74) is 3.78. The van der Waals surface area contributed by atoms with E-state index in [9.17, 15) is 9.59 Å². The molecule has 7 nitrogen and oxygen atoms in total. The number of nitrogens with zero attached hydrogens (tertiary/aromatic N) is 3. The van der Waals surface area contributed by atoms with Crippen molar-refractivity contribution in [1.29, 1.82) is 0 Å². The Labute approximate surface area is 160 Å². The van der Waals surface area contributed by atoms with Gasteiger partial charge in [-0.15, -0.1) is 0 Å². The number of ether oxygens (including phenoxy) is 1. The van der Waals surface area contributed by atoms with Crippen LogP contribution in [0.25, 0.3) is 16.7 Å². The normalized spacial score (nSPS) is 10.9. The minimum atomic E-state index is -0.477. The summed E-state index contributed by atoms with van der Waals surface area (Å²) in [6, 6.07) is 12.0. The lowest BCUT2D eigenvalue weighted by molar-refractivity contribution is 0.0474. The minimum absolute atomic E-state index is 0.0196. The van der Waals surface area contributed by atoms with E-state index in [2.05, 4.69) is 10.1 Å². The quantitative estimate of drug-likeness (QED) is 0.402. The molecule has 0 saturated carbocycles. The number of fused-ring (bicyclic) bond motifs is 1. The van der Waals surface area contributed by atoms with E-state index in [4.69, 9.17) is 9.15 Å². The van der Waals surface area contributed by atoms with Gasteiger partial charge in [0.2, 0.25) is 0 Å². The van der Waals surface area contributed by atoms with E-state index in [0.717, 1.165) is 22.2 Å². The highest BCUT2D eigenvalue weighted by molar-refractivity contribution is 5.90. The first kappa shape index (κ1) is 17.7. The van der Waals surface area contributed by atoms with Gasteiger partial charge in [-0.05, 0) is 49.2 Å². The van der Waals surface area contributed by atoms with Crippen LogP contribution in [0, 0.1) is 13.8 Å². The van der Waals surface area contributed by atoms with Crippen LogP contribution in [0.5, 0.6) is 0 Å². The fourth-order valence-electron chi connectivity index (χ4n) is 2.96. The lowest BCUT2D eigenvalue weighted by atomic mass is 10.0. The van der Waals surface area contributed by atoms with E-state index in [-0.39, 0.29) is 6.61 Å². The van der Waals surface area contributed by atoms with Gasteiger partial charge in [0, 0.05) is 17.0 Å². The summed E-state index contributed by atoms with van der Waals surface area (Å²) in [6.45, 7) is 3.83. The lowest BCUT2D eigenvalue weighted by Gasteiger charge is -2.10. The van der Waals surface area contributed by atoms with Gasteiger partial charge in [0.15, 0.2) is 0 Å². The fourth-order valence-corrected chi connectivity index (χ4v) is 2.96. The third kappa shape index (κ3) is 3.29. The zero-order valence-corrected chi connectivity index (χ0v) is 15.4. The molecular formula is C21H17N3O4. The van der Waals surface area contributed by atoms with Crippen LogP contribution < -0.4 is 5.63 Å². The number of carbonyl (C=O) groups is 1. The number of aryl methyl sites for hydroxylation is 2. The van der Waals surface area contributed by atoms with Crippen LogP contribution >= 0.6 is 0 Å². The predicted molar refractivity (Wildman–Crippen MR) is 102 cm³/mol. The second kappa shape index (κ2) is 7.11. The Balaban J connectivity index is 1.55. The van der Waals surface area contributed by atoms with E-state index < -0.39 is 11.6 Å². The summed E-state index contributed by atoms with van der Waals surface area (Å²) in [4.78, 5) is 28.2. The van der Waals surface area contributed by atoms with Gasteiger partial charge in [0.1, 0.15) is 24.8 Å². The average molecular weight is 375 g/mol. The molecule has 0 radical (unpaired) electrons. The molecule has 0 bridgehead atoms. The maximum Gasteiger partial charge on any atom is 0.338 e. The zero-order chi connectivity index (χ0) is 19.7. The minimum Gasteiger partial charge on any atom is -0.457 e. The number of rotatable bonds is 4. The summed E-state index contributed by atoms with van der Waals surface area (Å²) in [6.07, 6.45) is 3.01. The van der Waals surface area contributed by atoms with Crippen LogP contribution in [0.2, 0.25) is 0 Å². The molecule has 4 rings (SSSR count). The Morgan fingerprint density at radius 2 is 1.93 bits per heavy atom. The summed E-state index contributed by atoms with van der Waals surface area (Å²) in [7, 11) is 0. The lowest BCUT2D eigenvalue weighted by Crippen LogP contribution is -2.08. The van der Waals surface area contributed by atoms with Crippen LogP contribution in [-0.2, 0) is 11.3 Å². The summed E-state index contributed by atoms with van der Waals surface area (Å²) < 4.78 is 12.4. The molecule has 2 aromatic carbocycles. The molecule has 0 aliphatic rings. The highest BCUT2D eigenvalue weighted by Crippen LogP contribution is 2.24. The molecule has 7 heteroatoms. The van der Waals surface area contributed by atoms with Crippen molar-refractivity contribution < 1.29 is 13.9 Å². The highest BCUT2D eigenvalue weighted by atomic mass is 16.5. The van der Waals surface area contributed by atoms with Gasteiger partial charge in [-0.3, -0.25) is 0 Å². The number of benzene rings is 2. The molecule has 0 N–H and O–H groups in total. The van der Waals surface area contributed by atoms with Gasteiger partial charge in [-0.2, -0.15) is 5.10 Å². The van der Waals surface area contributed by atoms with Crippen LogP contribution in [-0.4, -0.2) is 20.7 Å². The molecule has 0 saturated heterocycles. The summed E-state index contributed by atoms with van der Waals surface area (Å²) >= 11 is 0. The molecule has 4 aromatic rings. The van der Waals surface area contributed by atoms with E-state index in [1.165, 1.54) is 12.4 Å². The molecule has 140 valence electrons. The molecule has 0 aliphatic heterocycles. The smallest absolute Gasteiger partial charge is 0.338 e. The van der Waals surface area contributed by atoms with Gasteiger partial charge in [0.25, 0.3) is 0 Å². The Morgan fingerprint density at radius 1 is 1.14 bits per heavy atom. The van der Waals surface area contributed by atoms with E-state index in [1.54, 1.807) is 35.3 Å². The molecule has 0 unspecified atom stereocenters. The zero-order valence-electron chi connectivity index (χ0n) is 15.4. The molecule has 0 spiro atoms. The van der Waals surface area contributed by atoms with Crippen molar-refractivity contribution in [2.45, 2.75) is 20.5 Å². The second-order valence-electron chi connectivity index (χ2n) is 6.44. The van der Waals surface area contributed by atoms with Gasteiger partial charge in [-0.1, -0.05) is 12.1 Å². The standard InChI is InChI=1S/C21H17N3O4/c1-13-3-8-18-16(9-19(25)28-20(18)14(13)2)10-27-21(26)15-4-6-17(7-5-15)24-12-22-11-23-24/h3-9,11-12H,10H2,1-2H3. The first-order valence-electron chi connectivity index (χ1n) is 8.68. The number of aromatic nitrogens is 3. The molecule has 0 aliphatic carbocycles. The van der Waals surface area contributed by atoms with E-state index >= 15 is 0 Å². The molecular weight excluding hydrogens is 358 g/mol. The van der Waals surface area contributed by atoms with Crippen molar-refractivity contribution in [2.24, 2.45) is 0 Å². The van der Waals surface area contributed by atoms with Crippen molar-refractivity contribution in [3.8, 4) is 5.69 Å². The first-order chi connectivity index (χ1) is 13.5. The Morgan fingerprint density at radius 3 is 2.64 bits per heavy atom. The van der Waals surface area contributed by atoms with Crippen molar-refractivity contribution in [2.75, 3.05) is 0 Å². The van der Waals surface area contributed by atoms with Crippen LogP contribution in [0.1, 0.15) is 27.0 Å². The number of hydrogen-bond donors (Lipinski definition) is 0. The molecule has 28 heavy (non-hydrogen) atoms. The molecule has 0 fully saturated rings. The van der Waals surface area contributed by atoms with Crippen molar-refractivity contribution in [3.63, 3.8) is 0 Å². The maximum absolute atomic E-state index is 12.4. The molecule has 2 heterocycles. The molecule has 2 aromatic heterocycles. The molecule has 0 amide bonds. The third-order valence-electron chi connectivity index (χ3n) is 4.66. The number of carbonyl (C=O) groups excluding carboxylic acids is 1. The Bertz CT molecular complexity index is 1210. The van der Waals surface area contributed by atoms with Crippen molar-refractivity contribution in [3.05, 3.63) is 87.8 Å². The third-order valence-corrected chi connectivity index (χ3v) is 4.66. The van der Waals surface area contributed by atoms with E-state index in [0.29, 0.717) is 16.7 Å². The van der Waals surface area contributed by atoms with Crippen molar-refractivity contribution in [1.82, 2.24) is 14.8 Å². The summed E-state index contributed by atoms with van der Waals surface area (Å²) in [5, 5.41) is 4.80. The van der Waals surface area contributed by atoms with Gasteiger partial charge >= 0.3 is 11.6 Å².